The fourth-order valence-corrected chi connectivity index (χ4v) is 3.05. The maximum Gasteiger partial charge on any atom is 0.275 e. The molecule has 1 aromatic carbocycles. The van der Waals surface area contributed by atoms with Crippen LogP contribution >= 0.6 is 11.6 Å². The Morgan fingerprint density at radius 1 is 1.33 bits per heavy atom. The lowest BCUT2D eigenvalue weighted by Gasteiger charge is -2.26. The molecule has 1 saturated carbocycles. The van der Waals surface area contributed by atoms with Crippen LogP contribution in [0.1, 0.15) is 36.2 Å². The normalized spacial score (nSPS) is 20.8. The topological polar surface area (TPSA) is 75.4 Å². The average molecular weight is 357 g/mol. The lowest BCUT2D eigenvalue weighted by atomic mass is 9.93. The first-order chi connectivity index (χ1) is 11.5. The van der Waals surface area contributed by atoms with Crippen molar-refractivity contribution in [1.29, 1.82) is 0 Å². The van der Waals surface area contributed by atoms with Gasteiger partial charge in [-0.3, -0.25) is 4.79 Å². The molecule has 2 unspecified atom stereocenters. The summed E-state index contributed by atoms with van der Waals surface area (Å²) in [6.07, 6.45) is 2.33. The third-order valence-corrected chi connectivity index (χ3v) is 4.36. The van der Waals surface area contributed by atoms with Gasteiger partial charge in [-0.25, -0.2) is 8.78 Å². The second-order valence-corrected chi connectivity index (χ2v) is 6.17. The van der Waals surface area contributed by atoms with Crippen LogP contribution in [0.3, 0.4) is 0 Å². The van der Waals surface area contributed by atoms with Gasteiger partial charge in [0.05, 0.1) is 6.10 Å². The van der Waals surface area contributed by atoms with Crippen molar-refractivity contribution < 1.29 is 23.2 Å². The Kier molecular flexibility index (Phi) is 4.82. The molecular weight excluding hydrogens is 342 g/mol. The summed E-state index contributed by atoms with van der Waals surface area (Å²) in [7, 11) is 0. The molecule has 128 valence electrons. The van der Waals surface area contributed by atoms with Gasteiger partial charge in [-0.2, -0.15) is 0 Å². The number of aliphatic hydroxyl groups excluding tert-OH is 1. The van der Waals surface area contributed by atoms with Gasteiger partial charge in [-0.05, 0) is 43.9 Å². The molecule has 24 heavy (non-hydrogen) atoms. The quantitative estimate of drug-likeness (QED) is 0.884. The standard InChI is InChI=1S/C16H15ClF2N2O3/c17-13-14(16(23)20-9-2-1-3-10(22)7-9)21-24-15(13)8-4-5-11(18)12(19)6-8/h4-6,9-10,22H,1-3,7H2,(H,20,23). The number of aromatic nitrogens is 1. The van der Waals surface area contributed by atoms with Crippen molar-refractivity contribution in [3.8, 4) is 11.3 Å². The molecule has 3 rings (SSSR count). The molecule has 1 amide bonds. The van der Waals surface area contributed by atoms with Gasteiger partial charge in [0.25, 0.3) is 5.91 Å². The number of rotatable bonds is 3. The molecule has 1 heterocycles. The molecule has 0 bridgehead atoms. The summed E-state index contributed by atoms with van der Waals surface area (Å²) in [5.41, 5.74) is 0.0509. The van der Waals surface area contributed by atoms with Crippen molar-refractivity contribution in [2.75, 3.05) is 0 Å². The molecule has 1 aliphatic rings. The Labute approximate surface area is 141 Å². The molecule has 1 fully saturated rings. The number of halogens is 3. The number of carbonyl (C=O) groups excluding carboxylic acids is 1. The molecule has 2 N–H and O–H groups in total. The van der Waals surface area contributed by atoms with E-state index in [4.69, 9.17) is 16.1 Å². The Hall–Kier alpha value is -1.99. The summed E-state index contributed by atoms with van der Waals surface area (Å²) in [6, 6.07) is 2.97. The van der Waals surface area contributed by atoms with Crippen LogP contribution in [0.5, 0.6) is 0 Å². The number of aliphatic hydroxyl groups is 1. The van der Waals surface area contributed by atoms with E-state index < -0.39 is 23.6 Å². The summed E-state index contributed by atoms with van der Waals surface area (Å²) < 4.78 is 31.4. The van der Waals surface area contributed by atoms with Crippen LogP contribution in [0.15, 0.2) is 22.7 Å². The second kappa shape index (κ2) is 6.86. The Bertz CT molecular complexity index is 766. The highest BCUT2D eigenvalue weighted by molar-refractivity contribution is 6.35. The predicted octanol–water partition coefficient (Wildman–Crippen LogP) is 3.31. The van der Waals surface area contributed by atoms with E-state index in [1.165, 1.54) is 6.07 Å². The first kappa shape index (κ1) is 16.9. The van der Waals surface area contributed by atoms with Crippen molar-refractivity contribution in [2.45, 2.75) is 37.8 Å². The summed E-state index contributed by atoms with van der Waals surface area (Å²) in [6.45, 7) is 0. The van der Waals surface area contributed by atoms with Crippen molar-refractivity contribution in [2.24, 2.45) is 0 Å². The lowest BCUT2D eigenvalue weighted by Crippen LogP contribution is -2.40. The maximum atomic E-state index is 13.3. The summed E-state index contributed by atoms with van der Waals surface area (Å²) in [5.74, 6) is -2.59. The average Bonchev–Trinajstić information content (AvgIpc) is 2.92. The molecule has 5 nitrogen and oxygen atoms in total. The SMILES string of the molecule is O=C(NC1CCCC(O)C1)c1noc(-c2ccc(F)c(F)c2)c1Cl. The second-order valence-electron chi connectivity index (χ2n) is 5.79. The fraction of sp³-hybridized carbons (Fsp3) is 0.375. The molecule has 2 atom stereocenters. The summed E-state index contributed by atoms with van der Waals surface area (Å²) in [5, 5.41) is 15.9. The summed E-state index contributed by atoms with van der Waals surface area (Å²) >= 11 is 6.11. The van der Waals surface area contributed by atoms with Crippen LogP contribution in [-0.4, -0.2) is 28.3 Å². The minimum atomic E-state index is -1.05. The van der Waals surface area contributed by atoms with E-state index >= 15 is 0 Å². The Balaban J connectivity index is 1.78. The van der Waals surface area contributed by atoms with Crippen molar-refractivity contribution in [3.63, 3.8) is 0 Å². The number of carbonyl (C=O) groups is 1. The molecule has 1 aliphatic carbocycles. The van der Waals surface area contributed by atoms with Crippen LogP contribution in [0.25, 0.3) is 11.3 Å². The monoisotopic (exact) mass is 356 g/mol. The molecular formula is C16H15ClF2N2O3. The highest BCUT2D eigenvalue weighted by Crippen LogP contribution is 2.31. The highest BCUT2D eigenvalue weighted by Gasteiger charge is 2.26. The largest absolute Gasteiger partial charge is 0.393 e. The van der Waals surface area contributed by atoms with Crippen molar-refractivity contribution >= 4 is 17.5 Å². The third kappa shape index (κ3) is 3.42. The molecule has 0 aliphatic heterocycles. The van der Waals surface area contributed by atoms with Gasteiger partial charge in [0.15, 0.2) is 23.1 Å². The molecule has 2 aromatic rings. The fourth-order valence-electron chi connectivity index (χ4n) is 2.79. The van der Waals surface area contributed by atoms with Gasteiger partial charge in [-0.1, -0.05) is 16.8 Å². The number of hydrogen-bond acceptors (Lipinski definition) is 4. The van der Waals surface area contributed by atoms with Gasteiger partial charge < -0.3 is 14.9 Å². The van der Waals surface area contributed by atoms with E-state index in [1.54, 1.807) is 0 Å². The van der Waals surface area contributed by atoms with Crippen molar-refractivity contribution in [3.05, 3.63) is 40.6 Å². The van der Waals surface area contributed by atoms with Crippen LogP contribution in [0.4, 0.5) is 8.78 Å². The predicted molar refractivity (Wildman–Crippen MR) is 82.6 cm³/mol. The Morgan fingerprint density at radius 3 is 2.83 bits per heavy atom. The first-order valence-electron chi connectivity index (χ1n) is 7.55. The van der Waals surface area contributed by atoms with Crippen LogP contribution in [0, 0.1) is 11.6 Å². The van der Waals surface area contributed by atoms with Crippen LogP contribution in [0.2, 0.25) is 5.02 Å². The minimum absolute atomic E-state index is 0.00982. The molecule has 8 heteroatoms. The number of amides is 1. The van der Waals surface area contributed by atoms with Crippen LogP contribution in [-0.2, 0) is 0 Å². The van der Waals surface area contributed by atoms with Gasteiger partial charge in [-0.15, -0.1) is 0 Å². The van der Waals surface area contributed by atoms with E-state index in [0.29, 0.717) is 6.42 Å². The zero-order chi connectivity index (χ0) is 17.3. The molecule has 0 spiro atoms. The lowest BCUT2D eigenvalue weighted by molar-refractivity contribution is 0.0842. The first-order valence-corrected chi connectivity index (χ1v) is 7.93. The smallest absolute Gasteiger partial charge is 0.275 e. The molecule has 0 saturated heterocycles. The van der Waals surface area contributed by atoms with Gasteiger partial charge in [0, 0.05) is 11.6 Å². The van der Waals surface area contributed by atoms with Gasteiger partial charge in [0.1, 0.15) is 5.02 Å². The summed E-state index contributed by atoms with van der Waals surface area (Å²) in [4.78, 5) is 12.3. The minimum Gasteiger partial charge on any atom is -0.393 e. The van der Waals surface area contributed by atoms with E-state index in [-0.39, 0.29) is 28.1 Å². The van der Waals surface area contributed by atoms with Crippen LogP contribution < -0.4 is 5.32 Å². The number of nitrogens with one attached hydrogen (secondary N) is 1. The van der Waals surface area contributed by atoms with Gasteiger partial charge in [0.2, 0.25) is 0 Å². The number of hydrogen-bond donors (Lipinski definition) is 2. The molecule has 1 aromatic heterocycles. The Morgan fingerprint density at radius 2 is 2.12 bits per heavy atom. The third-order valence-electron chi connectivity index (χ3n) is 4.01. The van der Waals surface area contributed by atoms with E-state index in [1.807, 2.05) is 0 Å². The van der Waals surface area contributed by atoms with E-state index in [0.717, 1.165) is 31.4 Å². The zero-order valence-corrected chi connectivity index (χ0v) is 13.3. The number of nitrogens with zero attached hydrogens (tertiary/aromatic N) is 1. The van der Waals surface area contributed by atoms with Gasteiger partial charge >= 0.3 is 0 Å². The van der Waals surface area contributed by atoms with E-state index in [9.17, 15) is 18.7 Å². The van der Waals surface area contributed by atoms with Crippen molar-refractivity contribution in [1.82, 2.24) is 10.5 Å². The number of benzene rings is 1. The van der Waals surface area contributed by atoms with E-state index in [2.05, 4.69) is 10.5 Å². The maximum absolute atomic E-state index is 13.3. The highest BCUT2D eigenvalue weighted by atomic mass is 35.5. The zero-order valence-electron chi connectivity index (χ0n) is 12.6. The molecule has 0 radical (unpaired) electrons.